The summed E-state index contributed by atoms with van der Waals surface area (Å²) in [6, 6.07) is 0. The lowest BCUT2D eigenvalue weighted by Gasteiger charge is -2.35. The number of alkyl halides is 11. The number of carboxylic acid groups (broad SMARTS) is 1. The van der Waals surface area contributed by atoms with Gasteiger partial charge in [0.05, 0.1) is 0 Å². The smallest absolute Gasteiger partial charge is 0.460 e. The van der Waals surface area contributed by atoms with E-state index in [2.05, 4.69) is 0 Å². The lowest BCUT2D eigenvalue weighted by Crippen LogP contribution is -2.68. The van der Waals surface area contributed by atoms with Crippen molar-refractivity contribution in [2.45, 2.75) is 29.9 Å². The molecule has 0 aliphatic carbocycles. The standard InChI is InChI=1S/C6HF11O2.H3N/c7-2(8,1(18)19)3(9,10)4(11,12)5(13,14)6(15,16)17;/h(H,18,19);1H3/p+1. The molecule has 0 bridgehead atoms. The van der Waals surface area contributed by atoms with Gasteiger partial charge < -0.3 is 11.3 Å². The summed E-state index contributed by atoms with van der Waals surface area (Å²) in [5, 5.41) is 7.52. The van der Waals surface area contributed by atoms with E-state index in [1.165, 1.54) is 0 Å². The lowest BCUT2D eigenvalue weighted by atomic mass is 9.98. The number of carbonyl (C=O) groups is 1. The van der Waals surface area contributed by atoms with Gasteiger partial charge in [0, 0.05) is 0 Å². The molecule has 0 radical (unpaired) electrons. The third-order valence-electron chi connectivity index (χ3n) is 1.81. The van der Waals surface area contributed by atoms with Gasteiger partial charge in [-0.1, -0.05) is 0 Å². The van der Waals surface area contributed by atoms with E-state index in [1.54, 1.807) is 0 Å². The highest BCUT2D eigenvalue weighted by molar-refractivity contribution is 5.77. The molecule has 0 aromatic rings. The molecule has 0 saturated carbocycles. The summed E-state index contributed by atoms with van der Waals surface area (Å²) in [7, 11) is 0. The predicted octanol–water partition coefficient (Wildman–Crippen LogP) is 3.55. The molecule has 0 aromatic carbocycles. The SMILES string of the molecule is O=C(O)C(F)(F)C(F)(F)C(F)(F)C(F)(F)C(F)(F)F.[NH4+]. The minimum Gasteiger partial charge on any atom is -0.477 e. The number of aliphatic carboxylic acids is 1. The van der Waals surface area contributed by atoms with Crippen molar-refractivity contribution in [3.05, 3.63) is 0 Å². The highest BCUT2D eigenvalue weighted by Crippen LogP contribution is 2.57. The molecule has 14 heteroatoms. The van der Waals surface area contributed by atoms with Crippen molar-refractivity contribution in [3.63, 3.8) is 0 Å². The Kier molecular flexibility index (Phi) is 5.13. The van der Waals surface area contributed by atoms with Crippen molar-refractivity contribution in [2.24, 2.45) is 0 Å². The summed E-state index contributed by atoms with van der Waals surface area (Å²) in [6.45, 7) is 0. The summed E-state index contributed by atoms with van der Waals surface area (Å²) >= 11 is 0. The van der Waals surface area contributed by atoms with E-state index in [4.69, 9.17) is 5.11 Å². The fraction of sp³-hybridized carbons (Fsp3) is 0.833. The largest absolute Gasteiger partial charge is 0.477 e. The molecule has 0 aliphatic heterocycles. The molecule has 122 valence electrons. The Morgan fingerprint density at radius 2 is 0.950 bits per heavy atom. The number of halogens is 11. The Balaban J connectivity index is 0. The second kappa shape index (κ2) is 4.89. The van der Waals surface area contributed by atoms with E-state index in [-0.39, 0.29) is 6.15 Å². The van der Waals surface area contributed by atoms with Crippen LogP contribution in [0.2, 0.25) is 0 Å². The Hall–Kier alpha value is -1.34. The van der Waals surface area contributed by atoms with E-state index >= 15 is 0 Å². The van der Waals surface area contributed by atoms with Crippen LogP contribution in [0.15, 0.2) is 0 Å². The molecule has 5 N–H and O–H groups in total. The molecule has 0 atom stereocenters. The van der Waals surface area contributed by atoms with Crippen LogP contribution < -0.4 is 6.15 Å². The number of rotatable bonds is 4. The third-order valence-corrected chi connectivity index (χ3v) is 1.81. The fourth-order valence-corrected chi connectivity index (χ4v) is 0.707. The monoisotopic (exact) mass is 332 g/mol. The molecule has 0 amide bonds. The van der Waals surface area contributed by atoms with Crippen molar-refractivity contribution < 1.29 is 58.2 Å². The molecule has 0 spiro atoms. The highest BCUT2D eigenvalue weighted by atomic mass is 19.4. The van der Waals surface area contributed by atoms with Crippen molar-refractivity contribution >= 4 is 5.97 Å². The molecule has 0 unspecified atom stereocenters. The normalized spacial score (nSPS) is 14.8. The van der Waals surface area contributed by atoms with Crippen LogP contribution in [-0.4, -0.2) is 40.9 Å². The summed E-state index contributed by atoms with van der Waals surface area (Å²) in [4.78, 5) is 9.60. The van der Waals surface area contributed by atoms with Crippen molar-refractivity contribution in [1.82, 2.24) is 6.15 Å². The van der Waals surface area contributed by atoms with Gasteiger partial charge in [0.15, 0.2) is 0 Å². The molecule has 0 rings (SSSR count). The molecular formula is C6H5F11NO2+. The van der Waals surface area contributed by atoms with Gasteiger partial charge in [-0.3, -0.25) is 0 Å². The zero-order chi connectivity index (χ0) is 16.1. The first-order valence-corrected chi connectivity index (χ1v) is 3.76. The topological polar surface area (TPSA) is 73.8 Å². The molecule has 0 fully saturated rings. The lowest BCUT2D eigenvalue weighted by molar-refractivity contribution is -0.418. The maximum atomic E-state index is 12.4. The van der Waals surface area contributed by atoms with Gasteiger partial charge in [-0.05, 0) is 0 Å². The molecular weight excluding hydrogens is 327 g/mol. The van der Waals surface area contributed by atoms with Crippen LogP contribution in [-0.2, 0) is 4.79 Å². The van der Waals surface area contributed by atoms with Crippen LogP contribution >= 0.6 is 0 Å². The molecule has 0 aromatic heterocycles. The van der Waals surface area contributed by atoms with Gasteiger partial charge in [-0.2, -0.15) is 48.3 Å². The summed E-state index contributed by atoms with van der Waals surface area (Å²) in [5.41, 5.74) is 0. The summed E-state index contributed by atoms with van der Waals surface area (Å²) in [5.74, 6) is -33.6. The van der Waals surface area contributed by atoms with Gasteiger partial charge in [-0.15, -0.1) is 0 Å². The highest BCUT2D eigenvalue weighted by Gasteiger charge is 2.88. The van der Waals surface area contributed by atoms with Crippen molar-refractivity contribution in [3.8, 4) is 0 Å². The second-order valence-corrected chi connectivity index (χ2v) is 3.10. The zero-order valence-electron chi connectivity index (χ0n) is 9.01. The van der Waals surface area contributed by atoms with Crippen LogP contribution in [0.25, 0.3) is 0 Å². The molecule has 20 heavy (non-hydrogen) atoms. The van der Waals surface area contributed by atoms with Crippen LogP contribution in [0, 0.1) is 0 Å². The Bertz CT molecular complexity index is 374. The van der Waals surface area contributed by atoms with E-state index in [0.717, 1.165) is 0 Å². The third kappa shape index (κ3) is 2.47. The Morgan fingerprint density at radius 1 is 0.650 bits per heavy atom. The van der Waals surface area contributed by atoms with Crippen LogP contribution in [0.4, 0.5) is 48.3 Å². The number of hydrogen-bond donors (Lipinski definition) is 2. The first-order chi connectivity index (χ1) is 7.94. The quantitative estimate of drug-likeness (QED) is 0.773. The zero-order valence-corrected chi connectivity index (χ0v) is 9.01. The maximum Gasteiger partial charge on any atom is 0.460 e. The average Bonchev–Trinajstić information content (AvgIpc) is 2.14. The molecule has 0 heterocycles. The van der Waals surface area contributed by atoms with E-state index < -0.39 is 35.8 Å². The van der Waals surface area contributed by atoms with Gasteiger partial charge >= 0.3 is 35.8 Å². The van der Waals surface area contributed by atoms with Crippen LogP contribution in [0.3, 0.4) is 0 Å². The van der Waals surface area contributed by atoms with Gasteiger partial charge in [0.1, 0.15) is 0 Å². The van der Waals surface area contributed by atoms with E-state index in [9.17, 15) is 53.1 Å². The predicted molar refractivity (Wildman–Crippen MR) is 39.5 cm³/mol. The Morgan fingerprint density at radius 3 is 1.15 bits per heavy atom. The van der Waals surface area contributed by atoms with Crippen LogP contribution in [0.5, 0.6) is 0 Å². The molecule has 0 saturated heterocycles. The van der Waals surface area contributed by atoms with E-state index in [0.29, 0.717) is 0 Å². The van der Waals surface area contributed by atoms with Gasteiger partial charge in [0.2, 0.25) is 0 Å². The second-order valence-electron chi connectivity index (χ2n) is 3.10. The van der Waals surface area contributed by atoms with Crippen molar-refractivity contribution in [2.75, 3.05) is 0 Å². The van der Waals surface area contributed by atoms with Gasteiger partial charge in [0.25, 0.3) is 0 Å². The molecule has 3 nitrogen and oxygen atoms in total. The first kappa shape index (κ1) is 21.0. The number of carboxylic acids is 1. The molecule has 0 aliphatic rings. The number of hydrogen-bond acceptors (Lipinski definition) is 1. The average molecular weight is 332 g/mol. The van der Waals surface area contributed by atoms with E-state index in [1.807, 2.05) is 0 Å². The number of quaternary nitrogens is 1. The minimum atomic E-state index is -7.68. The van der Waals surface area contributed by atoms with Crippen molar-refractivity contribution in [1.29, 1.82) is 0 Å². The maximum absolute atomic E-state index is 12.4. The van der Waals surface area contributed by atoms with Crippen LogP contribution in [0.1, 0.15) is 0 Å². The van der Waals surface area contributed by atoms with Gasteiger partial charge in [-0.25, -0.2) is 4.79 Å². The summed E-state index contributed by atoms with van der Waals surface area (Å²) < 4.78 is 133. The first-order valence-electron chi connectivity index (χ1n) is 3.76. The minimum absolute atomic E-state index is 0. The summed E-state index contributed by atoms with van der Waals surface area (Å²) in [6.07, 6.45) is -7.30. The fourth-order valence-electron chi connectivity index (χ4n) is 0.707. The Labute approximate surface area is 101 Å².